The van der Waals surface area contributed by atoms with Gasteiger partial charge in [0, 0.05) is 22.6 Å². The second kappa shape index (κ2) is 7.47. The molecular weight excluding hydrogens is 358 g/mol. The van der Waals surface area contributed by atoms with E-state index in [0.717, 1.165) is 27.7 Å². The Balaban J connectivity index is 1.91. The summed E-state index contributed by atoms with van der Waals surface area (Å²) in [6.45, 7) is 5.69. The predicted molar refractivity (Wildman–Crippen MR) is 118 cm³/mol. The lowest BCUT2D eigenvalue weighted by Crippen LogP contribution is -2.28. The number of rotatable bonds is 3. The van der Waals surface area contributed by atoms with Crippen molar-refractivity contribution in [2.24, 2.45) is 5.41 Å². The SMILES string of the molecule is CC(C)(C)C(=O)Nc1c(-c2ccccc2)ccnc1-c1ccc2ccccc2n1. The van der Waals surface area contributed by atoms with Gasteiger partial charge in [-0.25, -0.2) is 4.98 Å². The molecule has 0 saturated heterocycles. The van der Waals surface area contributed by atoms with Crippen molar-refractivity contribution in [2.45, 2.75) is 20.8 Å². The Morgan fingerprint density at radius 3 is 2.34 bits per heavy atom. The number of nitrogens with one attached hydrogen (secondary N) is 1. The van der Waals surface area contributed by atoms with Gasteiger partial charge in [-0.05, 0) is 23.8 Å². The number of hydrogen-bond acceptors (Lipinski definition) is 3. The van der Waals surface area contributed by atoms with Gasteiger partial charge in [-0.1, -0.05) is 75.4 Å². The van der Waals surface area contributed by atoms with Crippen molar-refractivity contribution in [1.82, 2.24) is 9.97 Å². The third-order valence-corrected chi connectivity index (χ3v) is 4.80. The van der Waals surface area contributed by atoms with Crippen LogP contribution < -0.4 is 5.32 Å². The van der Waals surface area contributed by atoms with Crippen LogP contribution in [0.15, 0.2) is 79.0 Å². The highest BCUT2D eigenvalue weighted by Crippen LogP contribution is 2.36. The van der Waals surface area contributed by atoms with Gasteiger partial charge in [0.25, 0.3) is 0 Å². The first-order chi connectivity index (χ1) is 13.9. The minimum atomic E-state index is -0.530. The summed E-state index contributed by atoms with van der Waals surface area (Å²) in [7, 11) is 0. The zero-order chi connectivity index (χ0) is 20.4. The summed E-state index contributed by atoms with van der Waals surface area (Å²) in [5.74, 6) is -0.0651. The summed E-state index contributed by atoms with van der Waals surface area (Å²) in [6, 6.07) is 23.9. The average molecular weight is 381 g/mol. The van der Waals surface area contributed by atoms with Crippen LogP contribution in [-0.4, -0.2) is 15.9 Å². The van der Waals surface area contributed by atoms with E-state index in [-0.39, 0.29) is 5.91 Å². The Bertz CT molecular complexity index is 1180. The average Bonchev–Trinajstić information content (AvgIpc) is 2.73. The summed E-state index contributed by atoms with van der Waals surface area (Å²) in [5, 5.41) is 4.19. The molecule has 1 amide bonds. The van der Waals surface area contributed by atoms with Crippen molar-refractivity contribution >= 4 is 22.5 Å². The Morgan fingerprint density at radius 1 is 0.862 bits per heavy atom. The molecule has 29 heavy (non-hydrogen) atoms. The van der Waals surface area contributed by atoms with Crippen LogP contribution in [0.25, 0.3) is 33.4 Å². The van der Waals surface area contributed by atoms with Gasteiger partial charge in [0.2, 0.25) is 5.91 Å². The highest BCUT2D eigenvalue weighted by atomic mass is 16.2. The molecule has 2 aromatic carbocycles. The maximum atomic E-state index is 12.9. The Labute approximate surface area is 170 Å². The molecule has 0 fully saturated rings. The highest BCUT2D eigenvalue weighted by Gasteiger charge is 2.24. The van der Waals surface area contributed by atoms with Crippen molar-refractivity contribution < 1.29 is 4.79 Å². The second-order valence-corrected chi connectivity index (χ2v) is 8.04. The number of nitrogens with zero attached hydrogens (tertiary/aromatic N) is 2. The highest BCUT2D eigenvalue weighted by molar-refractivity contribution is 6.02. The van der Waals surface area contributed by atoms with Crippen molar-refractivity contribution in [2.75, 3.05) is 5.32 Å². The van der Waals surface area contributed by atoms with Gasteiger partial charge in [0.1, 0.15) is 5.69 Å². The molecule has 0 spiro atoms. The fraction of sp³-hybridized carbons (Fsp3) is 0.160. The van der Waals surface area contributed by atoms with Gasteiger partial charge in [-0.2, -0.15) is 0 Å². The molecule has 4 aromatic rings. The molecule has 4 nitrogen and oxygen atoms in total. The minimum absolute atomic E-state index is 0.0651. The van der Waals surface area contributed by atoms with Gasteiger partial charge < -0.3 is 5.32 Å². The van der Waals surface area contributed by atoms with Gasteiger partial charge in [0.05, 0.1) is 16.9 Å². The van der Waals surface area contributed by atoms with Crippen LogP contribution >= 0.6 is 0 Å². The van der Waals surface area contributed by atoms with Crippen LogP contribution in [0.4, 0.5) is 5.69 Å². The van der Waals surface area contributed by atoms with E-state index in [4.69, 9.17) is 4.98 Å². The van der Waals surface area contributed by atoms with Gasteiger partial charge in [-0.3, -0.25) is 9.78 Å². The zero-order valence-corrected chi connectivity index (χ0v) is 16.8. The predicted octanol–water partition coefficient (Wildman–Crippen LogP) is 5.95. The van der Waals surface area contributed by atoms with Crippen LogP contribution in [0, 0.1) is 5.41 Å². The van der Waals surface area contributed by atoms with E-state index in [9.17, 15) is 4.79 Å². The lowest BCUT2D eigenvalue weighted by atomic mass is 9.94. The summed E-state index contributed by atoms with van der Waals surface area (Å²) in [5.41, 5.74) is 4.37. The Hall–Kier alpha value is -3.53. The maximum absolute atomic E-state index is 12.9. The smallest absolute Gasteiger partial charge is 0.229 e. The van der Waals surface area contributed by atoms with E-state index in [0.29, 0.717) is 11.4 Å². The Morgan fingerprint density at radius 2 is 1.59 bits per heavy atom. The van der Waals surface area contributed by atoms with E-state index >= 15 is 0 Å². The number of carbonyl (C=O) groups excluding carboxylic acids is 1. The number of pyridine rings is 2. The Kier molecular flexibility index (Phi) is 4.85. The first-order valence-electron chi connectivity index (χ1n) is 9.65. The first kappa shape index (κ1) is 18.8. The molecule has 0 bridgehead atoms. The number of hydrogen-bond donors (Lipinski definition) is 1. The van der Waals surface area contributed by atoms with E-state index < -0.39 is 5.41 Å². The van der Waals surface area contributed by atoms with E-state index in [1.54, 1.807) is 6.20 Å². The minimum Gasteiger partial charge on any atom is -0.323 e. The van der Waals surface area contributed by atoms with Crippen molar-refractivity contribution in [3.63, 3.8) is 0 Å². The molecule has 0 saturated carbocycles. The number of anilines is 1. The van der Waals surface area contributed by atoms with Crippen LogP contribution in [0.3, 0.4) is 0 Å². The molecule has 4 heteroatoms. The molecule has 2 heterocycles. The molecule has 2 aromatic heterocycles. The number of carbonyl (C=O) groups is 1. The summed E-state index contributed by atoms with van der Waals surface area (Å²) in [6.07, 6.45) is 1.77. The third-order valence-electron chi connectivity index (χ3n) is 4.80. The van der Waals surface area contributed by atoms with Crippen LogP contribution in [-0.2, 0) is 4.79 Å². The van der Waals surface area contributed by atoms with Crippen LogP contribution in [0.1, 0.15) is 20.8 Å². The van der Waals surface area contributed by atoms with Crippen LogP contribution in [0.5, 0.6) is 0 Å². The maximum Gasteiger partial charge on any atom is 0.229 e. The first-order valence-corrected chi connectivity index (χ1v) is 9.65. The van der Waals surface area contributed by atoms with E-state index in [2.05, 4.69) is 10.3 Å². The quantitative estimate of drug-likeness (QED) is 0.477. The number of amides is 1. The summed E-state index contributed by atoms with van der Waals surface area (Å²) in [4.78, 5) is 22.3. The van der Waals surface area contributed by atoms with E-state index in [1.165, 1.54) is 0 Å². The normalized spacial score (nSPS) is 11.4. The molecule has 144 valence electrons. The lowest BCUT2D eigenvalue weighted by molar-refractivity contribution is -0.123. The largest absolute Gasteiger partial charge is 0.323 e. The fourth-order valence-corrected chi connectivity index (χ4v) is 3.14. The monoisotopic (exact) mass is 381 g/mol. The molecule has 0 unspecified atom stereocenters. The molecular formula is C25H23N3O. The zero-order valence-electron chi connectivity index (χ0n) is 16.8. The number of para-hydroxylation sites is 1. The molecule has 1 N–H and O–H groups in total. The molecule has 0 aliphatic carbocycles. The lowest BCUT2D eigenvalue weighted by Gasteiger charge is -2.21. The van der Waals surface area contributed by atoms with Gasteiger partial charge in [0.15, 0.2) is 0 Å². The molecule has 0 aliphatic rings. The second-order valence-electron chi connectivity index (χ2n) is 8.04. The van der Waals surface area contributed by atoms with Crippen LogP contribution in [0.2, 0.25) is 0 Å². The third kappa shape index (κ3) is 3.87. The molecule has 0 radical (unpaired) electrons. The number of aromatic nitrogens is 2. The van der Waals surface area contributed by atoms with Crippen molar-refractivity contribution in [1.29, 1.82) is 0 Å². The van der Waals surface area contributed by atoms with Crippen molar-refractivity contribution in [3.05, 3.63) is 79.0 Å². The number of fused-ring (bicyclic) bond motifs is 1. The van der Waals surface area contributed by atoms with Gasteiger partial charge in [-0.15, -0.1) is 0 Å². The van der Waals surface area contributed by atoms with Gasteiger partial charge >= 0.3 is 0 Å². The molecule has 0 atom stereocenters. The van der Waals surface area contributed by atoms with Crippen molar-refractivity contribution in [3.8, 4) is 22.5 Å². The fourth-order valence-electron chi connectivity index (χ4n) is 3.14. The molecule has 4 rings (SSSR count). The standard InChI is InChI=1S/C25H23N3O/c1-25(2,3)24(29)28-22-19(17-9-5-4-6-10-17)15-16-26-23(22)21-14-13-18-11-7-8-12-20(18)27-21/h4-16H,1-3H3,(H,28,29). The number of benzene rings is 2. The molecule has 0 aliphatic heterocycles. The summed E-state index contributed by atoms with van der Waals surface area (Å²) >= 11 is 0. The van der Waals surface area contributed by atoms with E-state index in [1.807, 2.05) is 93.6 Å². The summed E-state index contributed by atoms with van der Waals surface area (Å²) < 4.78 is 0. The topological polar surface area (TPSA) is 54.9 Å².